The van der Waals surface area contributed by atoms with Crippen LogP contribution in [-0.2, 0) is 11.8 Å². The Morgan fingerprint density at radius 1 is 1.26 bits per heavy atom. The minimum atomic E-state index is -0.181. The minimum absolute atomic E-state index is 0. The average molecular weight is 468 g/mol. The van der Waals surface area contributed by atoms with Crippen LogP contribution in [0.1, 0.15) is 10.4 Å². The van der Waals surface area contributed by atoms with Gasteiger partial charge in [0, 0.05) is 45.5 Å². The van der Waals surface area contributed by atoms with Crippen LogP contribution < -0.4 is 14.4 Å². The number of rotatable bonds is 7. The minimum Gasteiger partial charge on any atom is -0.497 e. The second-order valence-electron chi connectivity index (χ2n) is 6.97. The number of hydrogen-bond donors (Lipinski definition) is 0. The van der Waals surface area contributed by atoms with Crippen molar-refractivity contribution in [1.82, 2.24) is 19.7 Å². The standard InChI is InChI=1S/C20H25N5O4S.ClH/c1-23-13-15(18(22-23)28-3)19(26)25(7-6-24-8-10-29-11-9-24)20-21-16-12-14(27-2)4-5-17(16)30-20;/h4-5,12-13H,6-11H2,1-3H3;1H. The summed E-state index contributed by atoms with van der Waals surface area (Å²) in [5.74, 6) is 0.861. The highest BCUT2D eigenvalue weighted by Gasteiger charge is 2.27. The number of aryl methyl sites for hydroxylation is 1. The molecule has 0 spiro atoms. The average Bonchev–Trinajstić information content (AvgIpc) is 3.36. The molecule has 0 N–H and O–H groups in total. The number of benzene rings is 1. The van der Waals surface area contributed by atoms with Gasteiger partial charge in [0.2, 0.25) is 5.88 Å². The molecule has 1 aliphatic heterocycles. The van der Waals surface area contributed by atoms with Crippen molar-refractivity contribution in [2.24, 2.45) is 7.05 Å². The molecule has 0 radical (unpaired) electrons. The Balaban J connectivity index is 0.00000272. The predicted octanol–water partition coefficient (Wildman–Crippen LogP) is 2.45. The van der Waals surface area contributed by atoms with Crippen molar-refractivity contribution in [2.45, 2.75) is 0 Å². The van der Waals surface area contributed by atoms with Crippen molar-refractivity contribution in [3.05, 3.63) is 30.0 Å². The first-order valence-corrected chi connectivity index (χ1v) is 10.5. The van der Waals surface area contributed by atoms with Crippen molar-refractivity contribution < 1.29 is 19.0 Å². The smallest absolute Gasteiger partial charge is 0.267 e. The number of carbonyl (C=O) groups excluding carboxylic acids is 1. The number of halogens is 1. The van der Waals surface area contributed by atoms with E-state index in [1.165, 1.54) is 18.4 Å². The van der Waals surface area contributed by atoms with Crippen LogP contribution in [0, 0.1) is 0 Å². The van der Waals surface area contributed by atoms with E-state index in [1.807, 2.05) is 18.2 Å². The van der Waals surface area contributed by atoms with Crippen molar-refractivity contribution in [1.29, 1.82) is 0 Å². The predicted molar refractivity (Wildman–Crippen MR) is 122 cm³/mol. The van der Waals surface area contributed by atoms with E-state index in [4.69, 9.17) is 19.2 Å². The molecule has 1 fully saturated rings. The first-order valence-electron chi connectivity index (χ1n) is 9.73. The van der Waals surface area contributed by atoms with E-state index in [9.17, 15) is 4.79 Å². The maximum absolute atomic E-state index is 13.5. The number of fused-ring (bicyclic) bond motifs is 1. The van der Waals surface area contributed by atoms with Gasteiger partial charge in [0.15, 0.2) is 5.13 Å². The number of ether oxygens (including phenoxy) is 3. The molecule has 0 aliphatic carbocycles. The van der Waals surface area contributed by atoms with Gasteiger partial charge in [-0.3, -0.25) is 19.3 Å². The molecule has 2 aromatic heterocycles. The SMILES string of the molecule is COc1ccc2sc(N(CCN3CCOCC3)C(=O)c3cn(C)nc3OC)nc2c1.Cl. The normalized spacial score (nSPS) is 14.3. The summed E-state index contributed by atoms with van der Waals surface area (Å²) in [5.41, 5.74) is 1.22. The van der Waals surface area contributed by atoms with E-state index in [0.717, 1.165) is 35.6 Å². The van der Waals surface area contributed by atoms with Crippen LogP contribution in [0.5, 0.6) is 11.6 Å². The van der Waals surface area contributed by atoms with Crippen LogP contribution in [0.25, 0.3) is 10.2 Å². The van der Waals surface area contributed by atoms with Crippen molar-refractivity contribution in [2.75, 3.05) is 58.5 Å². The summed E-state index contributed by atoms with van der Waals surface area (Å²) in [6.07, 6.45) is 1.68. The summed E-state index contributed by atoms with van der Waals surface area (Å²) >= 11 is 1.48. The van der Waals surface area contributed by atoms with Gasteiger partial charge in [0.25, 0.3) is 5.91 Å². The summed E-state index contributed by atoms with van der Waals surface area (Å²) in [5, 5.41) is 4.87. The topological polar surface area (TPSA) is 82.0 Å². The summed E-state index contributed by atoms with van der Waals surface area (Å²) in [4.78, 5) is 22.2. The number of amides is 1. The first kappa shape index (κ1) is 23.3. The number of methoxy groups -OCH3 is 2. The molecule has 1 aliphatic rings. The molecule has 9 nitrogen and oxygen atoms in total. The highest BCUT2D eigenvalue weighted by Crippen LogP contribution is 2.32. The number of morpholine rings is 1. The van der Waals surface area contributed by atoms with Crippen LogP contribution in [-0.4, -0.2) is 79.2 Å². The van der Waals surface area contributed by atoms with Gasteiger partial charge >= 0.3 is 0 Å². The summed E-state index contributed by atoms with van der Waals surface area (Å²) in [6.45, 7) is 4.38. The number of nitrogens with zero attached hydrogens (tertiary/aromatic N) is 5. The molecule has 168 valence electrons. The zero-order valence-corrected chi connectivity index (χ0v) is 19.4. The van der Waals surface area contributed by atoms with E-state index in [0.29, 0.717) is 36.3 Å². The fourth-order valence-corrected chi connectivity index (χ4v) is 4.37. The fourth-order valence-electron chi connectivity index (χ4n) is 3.40. The maximum Gasteiger partial charge on any atom is 0.267 e. The number of carbonyl (C=O) groups is 1. The molecule has 0 unspecified atom stereocenters. The molecule has 1 aromatic carbocycles. The molecule has 3 heterocycles. The van der Waals surface area contributed by atoms with Crippen molar-refractivity contribution >= 4 is 45.0 Å². The van der Waals surface area contributed by atoms with E-state index in [2.05, 4.69) is 10.00 Å². The third kappa shape index (κ3) is 5.09. The molecular formula is C20H26ClN5O4S. The number of anilines is 1. The molecule has 1 amide bonds. The van der Waals surface area contributed by atoms with Crippen LogP contribution in [0.3, 0.4) is 0 Å². The second-order valence-corrected chi connectivity index (χ2v) is 7.98. The molecule has 31 heavy (non-hydrogen) atoms. The van der Waals surface area contributed by atoms with Gasteiger partial charge in [-0.15, -0.1) is 17.5 Å². The van der Waals surface area contributed by atoms with Gasteiger partial charge in [0.1, 0.15) is 11.3 Å². The molecule has 4 rings (SSSR count). The Morgan fingerprint density at radius 3 is 2.74 bits per heavy atom. The van der Waals surface area contributed by atoms with E-state index in [-0.39, 0.29) is 18.3 Å². The Kier molecular flexibility index (Phi) is 7.71. The summed E-state index contributed by atoms with van der Waals surface area (Å²) < 4.78 is 18.6. The zero-order chi connectivity index (χ0) is 21.1. The third-order valence-electron chi connectivity index (χ3n) is 5.02. The van der Waals surface area contributed by atoms with E-state index in [1.54, 1.807) is 29.9 Å². The third-order valence-corrected chi connectivity index (χ3v) is 6.08. The lowest BCUT2D eigenvalue weighted by molar-refractivity contribution is 0.0391. The molecule has 0 saturated carbocycles. The summed E-state index contributed by atoms with van der Waals surface area (Å²) in [7, 11) is 4.91. The van der Waals surface area contributed by atoms with Gasteiger partial charge in [-0.05, 0) is 12.1 Å². The van der Waals surface area contributed by atoms with Gasteiger partial charge in [-0.2, -0.15) is 0 Å². The number of hydrogen-bond acceptors (Lipinski definition) is 8. The Morgan fingerprint density at radius 2 is 2.03 bits per heavy atom. The van der Waals surface area contributed by atoms with Gasteiger partial charge in [-0.1, -0.05) is 11.3 Å². The van der Waals surface area contributed by atoms with Crippen LogP contribution in [0.15, 0.2) is 24.4 Å². The lowest BCUT2D eigenvalue weighted by Crippen LogP contribution is -2.43. The highest BCUT2D eigenvalue weighted by molar-refractivity contribution is 7.22. The summed E-state index contributed by atoms with van der Waals surface area (Å²) in [6, 6.07) is 5.74. The molecule has 0 atom stereocenters. The number of aromatic nitrogens is 3. The molecule has 11 heteroatoms. The molecule has 0 bridgehead atoms. The Labute approximate surface area is 190 Å². The Hall–Kier alpha value is -2.40. The first-order chi connectivity index (χ1) is 14.6. The second kappa shape index (κ2) is 10.3. The number of thiazole rings is 1. The van der Waals surface area contributed by atoms with Crippen molar-refractivity contribution in [3.63, 3.8) is 0 Å². The molecular weight excluding hydrogens is 442 g/mol. The lowest BCUT2D eigenvalue weighted by atomic mass is 10.3. The van der Waals surface area contributed by atoms with Gasteiger partial charge in [0.05, 0.1) is 37.6 Å². The molecule has 3 aromatic rings. The van der Waals surface area contributed by atoms with Gasteiger partial charge < -0.3 is 14.2 Å². The van der Waals surface area contributed by atoms with Crippen LogP contribution in [0.4, 0.5) is 5.13 Å². The van der Waals surface area contributed by atoms with Crippen LogP contribution >= 0.6 is 23.7 Å². The van der Waals surface area contributed by atoms with Crippen molar-refractivity contribution in [3.8, 4) is 11.6 Å². The Bertz CT molecular complexity index is 1030. The van der Waals surface area contributed by atoms with E-state index >= 15 is 0 Å². The monoisotopic (exact) mass is 467 g/mol. The molecule has 1 saturated heterocycles. The zero-order valence-electron chi connectivity index (χ0n) is 17.7. The lowest BCUT2D eigenvalue weighted by Gasteiger charge is -2.29. The van der Waals surface area contributed by atoms with Gasteiger partial charge in [-0.25, -0.2) is 4.98 Å². The maximum atomic E-state index is 13.5. The highest BCUT2D eigenvalue weighted by atomic mass is 35.5. The quantitative estimate of drug-likeness (QED) is 0.527. The fraction of sp³-hybridized carbons (Fsp3) is 0.450. The van der Waals surface area contributed by atoms with Crippen LogP contribution in [0.2, 0.25) is 0 Å². The van der Waals surface area contributed by atoms with E-state index < -0.39 is 0 Å². The largest absolute Gasteiger partial charge is 0.497 e.